The van der Waals surface area contributed by atoms with Gasteiger partial charge in [0, 0.05) is 12.5 Å². The molecule has 1 unspecified atom stereocenters. The number of nitrogens with one attached hydrogen (secondary N) is 1. The van der Waals surface area contributed by atoms with Crippen LogP contribution in [0.25, 0.3) is 0 Å². The molecule has 0 saturated heterocycles. The number of fused-ring (bicyclic) bond motifs is 1. The average molecular weight is 191 g/mol. The van der Waals surface area contributed by atoms with Crippen LogP contribution >= 0.6 is 0 Å². The molecule has 3 rings (SSSR count). The van der Waals surface area contributed by atoms with Crippen LogP contribution in [0.5, 0.6) is 0 Å². The van der Waals surface area contributed by atoms with Crippen LogP contribution in [0, 0.1) is 11.7 Å². The van der Waals surface area contributed by atoms with Gasteiger partial charge in [0.2, 0.25) is 0 Å². The van der Waals surface area contributed by atoms with E-state index in [1.165, 1.54) is 30.9 Å². The van der Waals surface area contributed by atoms with Crippen molar-refractivity contribution >= 4 is 5.69 Å². The van der Waals surface area contributed by atoms with Crippen molar-refractivity contribution in [2.75, 3.05) is 11.9 Å². The van der Waals surface area contributed by atoms with Crippen molar-refractivity contribution in [2.24, 2.45) is 5.92 Å². The maximum atomic E-state index is 13.4. The van der Waals surface area contributed by atoms with Gasteiger partial charge in [-0.3, -0.25) is 0 Å². The zero-order valence-corrected chi connectivity index (χ0v) is 8.09. The smallest absolute Gasteiger partial charge is 0.146 e. The minimum Gasteiger partial charge on any atom is -0.382 e. The number of hydrogen-bond donors (Lipinski definition) is 1. The molecule has 1 aromatic rings. The predicted molar refractivity (Wildman–Crippen MR) is 55.0 cm³/mol. The highest BCUT2D eigenvalue weighted by Crippen LogP contribution is 2.45. The Hall–Kier alpha value is -1.05. The molecule has 2 heteroatoms. The summed E-state index contributed by atoms with van der Waals surface area (Å²) in [4.78, 5) is 0. The summed E-state index contributed by atoms with van der Waals surface area (Å²) in [6.45, 7) is 0.931. The molecule has 0 aromatic heterocycles. The monoisotopic (exact) mass is 191 g/mol. The van der Waals surface area contributed by atoms with Gasteiger partial charge in [0.25, 0.3) is 0 Å². The third-order valence-corrected chi connectivity index (χ3v) is 3.66. The van der Waals surface area contributed by atoms with Crippen LogP contribution < -0.4 is 5.32 Å². The summed E-state index contributed by atoms with van der Waals surface area (Å²) in [6, 6.07) is 5.43. The Labute approximate surface area is 83.3 Å². The molecule has 1 aliphatic carbocycles. The van der Waals surface area contributed by atoms with Crippen LogP contribution in [-0.2, 0) is 0 Å². The largest absolute Gasteiger partial charge is 0.382 e. The number of halogens is 1. The van der Waals surface area contributed by atoms with Crippen molar-refractivity contribution in [2.45, 2.75) is 25.2 Å². The van der Waals surface area contributed by atoms with Crippen LogP contribution in [0.3, 0.4) is 0 Å². The Balaban J connectivity index is 1.97. The summed E-state index contributed by atoms with van der Waals surface area (Å²) in [5.41, 5.74) is 1.96. The first kappa shape index (κ1) is 8.27. The van der Waals surface area contributed by atoms with Crippen molar-refractivity contribution in [3.63, 3.8) is 0 Å². The minimum absolute atomic E-state index is 0.0932. The molecule has 1 atom stereocenters. The van der Waals surface area contributed by atoms with E-state index in [9.17, 15) is 4.39 Å². The number of para-hydroxylation sites is 1. The van der Waals surface area contributed by atoms with E-state index in [4.69, 9.17) is 0 Å². The van der Waals surface area contributed by atoms with Gasteiger partial charge in [-0.1, -0.05) is 18.6 Å². The molecule has 0 bridgehead atoms. The van der Waals surface area contributed by atoms with E-state index in [0.717, 1.165) is 18.2 Å². The van der Waals surface area contributed by atoms with Crippen molar-refractivity contribution in [3.05, 3.63) is 29.6 Å². The minimum atomic E-state index is -0.0932. The molecule has 0 radical (unpaired) electrons. The van der Waals surface area contributed by atoms with Crippen LogP contribution in [-0.4, -0.2) is 6.54 Å². The maximum absolute atomic E-state index is 13.4. The van der Waals surface area contributed by atoms with Crippen LogP contribution in [0.4, 0.5) is 10.1 Å². The number of benzene rings is 1. The maximum Gasteiger partial charge on any atom is 0.146 e. The third-order valence-electron chi connectivity index (χ3n) is 3.66. The van der Waals surface area contributed by atoms with E-state index in [-0.39, 0.29) is 5.82 Å². The van der Waals surface area contributed by atoms with Crippen LogP contribution in [0.2, 0.25) is 0 Å². The van der Waals surface area contributed by atoms with Gasteiger partial charge in [-0.05, 0) is 30.4 Å². The third kappa shape index (κ3) is 1.06. The zero-order valence-electron chi connectivity index (χ0n) is 8.09. The lowest BCUT2D eigenvalue weighted by Gasteiger charge is -2.31. The molecule has 1 nitrogen and oxygen atoms in total. The number of hydrogen-bond acceptors (Lipinski definition) is 1. The molecule has 14 heavy (non-hydrogen) atoms. The lowest BCUT2D eigenvalue weighted by atomic mass is 9.74. The van der Waals surface area contributed by atoms with Gasteiger partial charge < -0.3 is 5.32 Å². The average Bonchev–Trinajstić information content (AvgIpc) is 2.48. The van der Waals surface area contributed by atoms with Gasteiger partial charge in [-0.2, -0.15) is 0 Å². The Morgan fingerprint density at radius 1 is 1.29 bits per heavy atom. The Morgan fingerprint density at radius 2 is 2.14 bits per heavy atom. The van der Waals surface area contributed by atoms with E-state index >= 15 is 0 Å². The molecule has 74 valence electrons. The fourth-order valence-corrected chi connectivity index (χ4v) is 2.62. The predicted octanol–water partition coefficient (Wildman–Crippen LogP) is 3.13. The number of anilines is 1. The molecule has 1 fully saturated rings. The second kappa shape index (κ2) is 2.97. The van der Waals surface area contributed by atoms with E-state index in [1.54, 1.807) is 0 Å². The van der Waals surface area contributed by atoms with Gasteiger partial charge in [0.15, 0.2) is 0 Å². The standard InChI is InChI=1S/C12H14FN/c13-11-6-2-5-9-10(7-14-12(9)11)8-3-1-4-8/h2,5-6,8,10,14H,1,3-4,7H2. The molecule has 1 aromatic carbocycles. The summed E-state index contributed by atoms with van der Waals surface area (Å²) in [6.07, 6.45) is 4.00. The molecule has 1 heterocycles. The van der Waals surface area contributed by atoms with E-state index in [0.29, 0.717) is 5.92 Å². The molecule has 1 aliphatic heterocycles. The number of rotatable bonds is 1. The molecular formula is C12H14FN. The molecule has 1 N–H and O–H groups in total. The SMILES string of the molecule is Fc1cccc2c1NCC2C1CCC1. The summed E-state index contributed by atoms with van der Waals surface area (Å²) >= 11 is 0. The first-order chi connectivity index (χ1) is 6.86. The molecule has 1 saturated carbocycles. The fraction of sp³-hybridized carbons (Fsp3) is 0.500. The summed E-state index contributed by atoms with van der Waals surface area (Å²) in [5.74, 6) is 1.27. The normalized spacial score (nSPS) is 25.4. The summed E-state index contributed by atoms with van der Waals surface area (Å²) < 4.78 is 13.4. The molecular weight excluding hydrogens is 177 g/mol. The Bertz CT molecular complexity index is 357. The zero-order chi connectivity index (χ0) is 9.54. The van der Waals surface area contributed by atoms with Crippen molar-refractivity contribution in [1.82, 2.24) is 0 Å². The van der Waals surface area contributed by atoms with E-state index in [1.807, 2.05) is 6.07 Å². The van der Waals surface area contributed by atoms with Crippen LogP contribution in [0.15, 0.2) is 18.2 Å². The lowest BCUT2D eigenvalue weighted by Crippen LogP contribution is -2.21. The van der Waals surface area contributed by atoms with Crippen molar-refractivity contribution in [3.8, 4) is 0 Å². The molecule has 2 aliphatic rings. The van der Waals surface area contributed by atoms with Crippen molar-refractivity contribution in [1.29, 1.82) is 0 Å². The van der Waals surface area contributed by atoms with E-state index < -0.39 is 0 Å². The Morgan fingerprint density at radius 3 is 2.86 bits per heavy atom. The first-order valence-electron chi connectivity index (χ1n) is 5.38. The van der Waals surface area contributed by atoms with Crippen molar-refractivity contribution < 1.29 is 4.39 Å². The fourth-order valence-electron chi connectivity index (χ4n) is 2.62. The molecule has 0 amide bonds. The highest BCUT2D eigenvalue weighted by molar-refractivity contribution is 5.59. The first-order valence-corrected chi connectivity index (χ1v) is 5.38. The molecule has 0 spiro atoms. The van der Waals surface area contributed by atoms with E-state index in [2.05, 4.69) is 11.4 Å². The lowest BCUT2D eigenvalue weighted by molar-refractivity contribution is 0.272. The Kier molecular flexibility index (Phi) is 1.76. The van der Waals surface area contributed by atoms with Gasteiger partial charge in [0.1, 0.15) is 5.82 Å². The van der Waals surface area contributed by atoms with Gasteiger partial charge in [0.05, 0.1) is 5.69 Å². The van der Waals surface area contributed by atoms with Gasteiger partial charge in [-0.25, -0.2) is 4.39 Å². The second-order valence-electron chi connectivity index (χ2n) is 4.38. The second-order valence-corrected chi connectivity index (χ2v) is 4.38. The topological polar surface area (TPSA) is 12.0 Å². The summed E-state index contributed by atoms with van der Waals surface area (Å²) in [5, 5.41) is 3.19. The summed E-state index contributed by atoms with van der Waals surface area (Å²) in [7, 11) is 0. The highest BCUT2D eigenvalue weighted by Gasteiger charge is 2.34. The van der Waals surface area contributed by atoms with Gasteiger partial charge in [-0.15, -0.1) is 0 Å². The van der Waals surface area contributed by atoms with Crippen LogP contribution in [0.1, 0.15) is 30.7 Å². The van der Waals surface area contributed by atoms with Gasteiger partial charge >= 0.3 is 0 Å². The highest BCUT2D eigenvalue weighted by atomic mass is 19.1. The quantitative estimate of drug-likeness (QED) is 0.719.